The van der Waals surface area contributed by atoms with Gasteiger partial charge in [0.15, 0.2) is 0 Å². The topological polar surface area (TPSA) is 108 Å². The molecule has 190 valence electrons. The van der Waals surface area contributed by atoms with Crippen LogP contribution < -0.4 is 10.0 Å². The van der Waals surface area contributed by atoms with Crippen molar-refractivity contribution in [3.05, 3.63) is 93.7 Å². The lowest BCUT2D eigenvalue weighted by Crippen LogP contribution is -2.39. The van der Waals surface area contributed by atoms with Crippen LogP contribution in [-0.4, -0.2) is 43.6 Å². The van der Waals surface area contributed by atoms with Crippen molar-refractivity contribution in [1.82, 2.24) is 14.0 Å². The van der Waals surface area contributed by atoms with Gasteiger partial charge in [-0.1, -0.05) is 42.5 Å². The van der Waals surface area contributed by atoms with Crippen LogP contribution in [0.3, 0.4) is 0 Å². The van der Waals surface area contributed by atoms with E-state index in [9.17, 15) is 22.4 Å². The maximum atomic E-state index is 14.9. The monoisotopic (exact) mass is 584 g/mol. The number of amides is 2. The number of anilines is 1. The minimum atomic E-state index is -4.05. The normalized spacial score (nSPS) is 11.5. The number of nitrogens with one attached hydrogen (secondary N) is 2. The molecule has 0 atom stereocenters. The summed E-state index contributed by atoms with van der Waals surface area (Å²) in [5.74, 6) is -2.46. The van der Waals surface area contributed by atoms with Gasteiger partial charge in [0.05, 0.1) is 22.5 Å². The number of rotatable bonds is 6. The number of benzene rings is 3. The Bertz CT molecular complexity index is 1640. The summed E-state index contributed by atoms with van der Waals surface area (Å²) < 4.78 is 42.1. The van der Waals surface area contributed by atoms with Crippen LogP contribution in [0.4, 0.5) is 10.1 Å². The maximum absolute atomic E-state index is 14.9. The van der Waals surface area contributed by atoms with Gasteiger partial charge in [0, 0.05) is 35.1 Å². The van der Waals surface area contributed by atoms with Crippen LogP contribution in [0.2, 0.25) is 0 Å². The van der Waals surface area contributed by atoms with Crippen molar-refractivity contribution >= 4 is 54.5 Å². The Hall–Kier alpha value is -3.67. The molecule has 4 aromatic rings. The lowest BCUT2D eigenvalue weighted by molar-refractivity contribution is 0.0978. The molecular weight excluding hydrogens is 563 g/mol. The number of aromatic nitrogens is 1. The van der Waals surface area contributed by atoms with E-state index in [1.165, 1.54) is 26.2 Å². The van der Waals surface area contributed by atoms with Gasteiger partial charge in [-0.25, -0.2) is 14.1 Å². The molecule has 0 saturated carbocycles. The van der Waals surface area contributed by atoms with Crippen LogP contribution in [0.5, 0.6) is 0 Å². The molecule has 0 aliphatic carbocycles. The van der Waals surface area contributed by atoms with Gasteiger partial charge in [0.1, 0.15) is 5.82 Å². The summed E-state index contributed by atoms with van der Waals surface area (Å²) in [6.45, 7) is 1.78. The van der Waals surface area contributed by atoms with Gasteiger partial charge < -0.3 is 5.32 Å². The van der Waals surface area contributed by atoms with E-state index < -0.39 is 27.8 Å². The molecule has 37 heavy (non-hydrogen) atoms. The fourth-order valence-corrected chi connectivity index (χ4v) is 4.72. The summed E-state index contributed by atoms with van der Waals surface area (Å²) in [5, 5.41) is 3.15. The highest BCUT2D eigenvalue weighted by atomic mass is 79.9. The molecule has 4 rings (SSSR count). The molecule has 0 aliphatic heterocycles. The molecule has 11 heteroatoms. The van der Waals surface area contributed by atoms with Gasteiger partial charge in [-0.15, -0.1) is 0 Å². The Balaban J connectivity index is 1.72. The summed E-state index contributed by atoms with van der Waals surface area (Å²) in [6, 6.07) is 18.1. The molecule has 2 N–H and O–H groups in total. The number of fused-ring (bicyclic) bond motifs is 1. The van der Waals surface area contributed by atoms with Crippen LogP contribution in [0.25, 0.3) is 22.2 Å². The number of carbonyl (C=O) groups is 2. The minimum Gasteiger partial charge on any atom is -0.319 e. The summed E-state index contributed by atoms with van der Waals surface area (Å²) in [6.07, 6.45) is 0. The second kappa shape index (κ2) is 10.4. The zero-order chi connectivity index (χ0) is 26.9. The van der Waals surface area contributed by atoms with E-state index in [0.29, 0.717) is 32.2 Å². The highest BCUT2D eigenvalue weighted by molar-refractivity contribution is 9.10. The first kappa shape index (κ1) is 26.4. The first-order valence-corrected chi connectivity index (χ1v) is 13.2. The third-order valence-corrected chi connectivity index (χ3v) is 7.71. The Labute approximate surface area is 221 Å². The van der Waals surface area contributed by atoms with E-state index in [1.807, 2.05) is 41.1 Å². The highest BCUT2D eigenvalue weighted by Crippen LogP contribution is 2.33. The van der Waals surface area contributed by atoms with E-state index in [2.05, 4.69) is 21.2 Å². The number of para-hydroxylation sites is 1. The molecule has 1 heterocycles. The number of pyridine rings is 1. The molecule has 0 bridgehead atoms. The van der Waals surface area contributed by atoms with E-state index in [-0.39, 0.29) is 11.3 Å². The summed E-state index contributed by atoms with van der Waals surface area (Å²) in [7, 11) is -1.55. The zero-order valence-corrected chi connectivity index (χ0v) is 22.4. The van der Waals surface area contributed by atoms with Gasteiger partial charge in [0.2, 0.25) is 0 Å². The van der Waals surface area contributed by atoms with Crippen LogP contribution in [0.1, 0.15) is 26.3 Å². The van der Waals surface area contributed by atoms with Crippen molar-refractivity contribution in [2.24, 2.45) is 0 Å². The molecule has 8 nitrogen and oxygen atoms in total. The molecule has 0 unspecified atom stereocenters. The molecular formula is C26H22BrFN4O4S. The Kier molecular flexibility index (Phi) is 7.39. The Morgan fingerprint density at radius 1 is 0.973 bits per heavy atom. The van der Waals surface area contributed by atoms with Crippen molar-refractivity contribution in [3.8, 4) is 11.3 Å². The molecule has 0 aliphatic rings. The van der Waals surface area contributed by atoms with Crippen molar-refractivity contribution in [2.45, 2.75) is 6.92 Å². The highest BCUT2D eigenvalue weighted by Gasteiger charge is 2.22. The number of hydrogen-bond donors (Lipinski definition) is 2. The van der Waals surface area contributed by atoms with Gasteiger partial charge >= 0.3 is 10.2 Å². The largest absolute Gasteiger partial charge is 0.319 e. The third-order valence-electron chi connectivity index (χ3n) is 5.67. The van der Waals surface area contributed by atoms with Crippen LogP contribution in [0, 0.1) is 12.7 Å². The predicted octanol–water partition coefficient (Wildman–Crippen LogP) is 4.90. The molecule has 1 aromatic heterocycles. The van der Waals surface area contributed by atoms with Gasteiger partial charge in [-0.2, -0.15) is 12.7 Å². The van der Waals surface area contributed by atoms with Crippen molar-refractivity contribution in [3.63, 3.8) is 0 Å². The van der Waals surface area contributed by atoms with E-state index in [0.717, 1.165) is 15.9 Å². The summed E-state index contributed by atoms with van der Waals surface area (Å²) >= 11 is 3.50. The smallest absolute Gasteiger partial charge is 0.303 e. The molecule has 2 amide bonds. The van der Waals surface area contributed by atoms with Crippen LogP contribution in [-0.2, 0) is 10.2 Å². The van der Waals surface area contributed by atoms with Crippen molar-refractivity contribution in [1.29, 1.82) is 0 Å². The Morgan fingerprint density at radius 3 is 2.32 bits per heavy atom. The number of carbonyl (C=O) groups excluding carboxylic acids is 2. The average Bonchev–Trinajstić information content (AvgIpc) is 2.85. The van der Waals surface area contributed by atoms with Crippen molar-refractivity contribution < 1.29 is 22.4 Å². The Morgan fingerprint density at radius 2 is 1.68 bits per heavy atom. The van der Waals surface area contributed by atoms with Gasteiger partial charge in [0.25, 0.3) is 11.8 Å². The number of halogens is 2. The standard InChI is InChI=1S/C26H22BrFN4O4S/c1-15-22(18-10-7-11-19(27)24(18)30-23(15)16-8-5-4-6-9-16)26(34)29-21-13-12-17(14-20(21)28)25(33)31-37(35,36)32(2)3/h4-14H,1-3H3,(H,29,34)(H,31,33). The number of hydrogen-bond acceptors (Lipinski definition) is 5. The van der Waals surface area contributed by atoms with Crippen molar-refractivity contribution in [2.75, 3.05) is 19.4 Å². The number of nitrogens with zero attached hydrogens (tertiary/aromatic N) is 2. The first-order valence-electron chi connectivity index (χ1n) is 11.0. The minimum absolute atomic E-state index is 0.169. The summed E-state index contributed by atoms with van der Waals surface area (Å²) in [4.78, 5) is 30.6. The second-order valence-electron chi connectivity index (χ2n) is 8.33. The molecule has 0 radical (unpaired) electrons. The SMILES string of the molecule is Cc1c(-c2ccccc2)nc2c(Br)cccc2c1C(=O)Nc1ccc(C(=O)NS(=O)(=O)N(C)C)cc1F. The second-order valence-corrected chi connectivity index (χ2v) is 11.1. The van der Waals surface area contributed by atoms with E-state index in [1.54, 1.807) is 19.1 Å². The van der Waals surface area contributed by atoms with Crippen LogP contribution in [0.15, 0.2) is 71.2 Å². The van der Waals surface area contributed by atoms with Gasteiger partial charge in [-0.05, 0) is 52.7 Å². The fraction of sp³-hybridized carbons (Fsp3) is 0.115. The third kappa shape index (κ3) is 5.38. The quantitative estimate of drug-likeness (QED) is 0.335. The van der Waals surface area contributed by atoms with Gasteiger partial charge in [-0.3, -0.25) is 9.59 Å². The maximum Gasteiger partial charge on any atom is 0.303 e. The first-order chi connectivity index (χ1) is 17.5. The van der Waals surface area contributed by atoms with Crippen LogP contribution >= 0.6 is 15.9 Å². The zero-order valence-electron chi connectivity index (χ0n) is 20.0. The average molecular weight is 585 g/mol. The lowest BCUT2D eigenvalue weighted by atomic mass is 9.97. The summed E-state index contributed by atoms with van der Waals surface area (Å²) in [5.41, 5.74) is 2.55. The predicted molar refractivity (Wildman–Crippen MR) is 144 cm³/mol. The van der Waals surface area contributed by atoms with E-state index in [4.69, 9.17) is 4.98 Å². The lowest BCUT2D eigenvalue weighted by Gasteiger charge is -2.16. The molecule has 0 spiro atoms. The molecule has 3 aromatic carbocycles. The molecule has 0 fully saturated rings. The fourth-order valence-electron chi connectivity index (χ4n) is 3.73. The molecule has 0 saturated heterocycles. The van der Waals surface area contributed by atoms with E-state index >= 15 is 0 Å².